The van der Waals surface area contributed by atoms with Crippen LogP contribution in [0.1, 0.15) is 35.3 Å². The van der Waals surface area contributed by atoms with E-state index in [9.17, 15) is 31.5 Å². The highest BCUT2D eigenvalue weighted by Crippen LogP contribution is 2.34. The van der Waals surface area contributed by atoms with Crippen molar-refractivity contribution in [1.29, 1.82) is 0 Å². The number of aliphatic hydroxyl groups is 1. The maximum absolute atomic E-state index is 13.7. The molecule has 3 atom stereocenters. The molecule has 0 aliphatic carbocycles. The number of aromatic nitrogens is 1. The third-order valence-electron chi connectivity index (χ3n) is 7.21. The fraction of sp³-hybridized carbons (Fsp3) is 0.379. The van der Waals surface area contributed by atoms with Crippen LogP contribution < -0.4 is 4.74 Å². The van der Waals surface area contributed by atoms with E-state index in [1.165, 1.54) is 52.8 Å². The van der Waals surface area contributed by atoms with Gasteiger partial charge in [-0.25, -0.2) is 13.4 Å². The van der Waals surface area contributed by atoms with E-state index in [0.29, 0.717) is 0 Å². The Bertz CT molecular complexity index is 1510. The predicted molar refractivity (Wildman–Crippen MR) is 147 cm³/mol. The van der Waals surface area contributed by atoms with Gasteiger partial charge in [-0.1, -0.05) is 36.8 Å². The molecular weight excluding hydrogens is 559 g/mol. The first kappa shape index (κ1) is 30.5. The normalized spacial score (nSPS) is 18.9. The van der Waals surface area contributed by atoms with Crippen molar-refractivity contribution < 1.29 is 36.2 Å². The second-order valence-corrected chi connectivity index (χ2v) is 12.4. The smallest absolute Gasteiger partial charge is 0.416 e. The number of benzene rings is 2. The molecule has 41 heavy (non-hydrogen) atoms. The predicted octanol–water partition coefficient (Wildman–Crippen LogP) is 4.62. The van der Waals surface area contributed by atoms with Crippen LogP contribution in [0.15, 0.2) is 65.7 Å². The van der Waals surface area contributed by atoms with Gasteiger partial charge in [-0.15, -0.1) is 0 Å². The minimum Gasteiger partial charge on any atom is -0.472 e. The Hall–Kier alpha value is -3.48. The van der Waals surface area contributed by atoms with Crippen molar-refractivity contribution in [1.82, 2.24) is 14.2 Å². The highest BCUT2D eigenvalue weighted by atomic mass is 32.2. The summed E-state index contributed by atoms with van der Waals surface area (Å²) in [6.45, 7) is 5.07. The number of likely N-dealkylation sites (N-methyl/N-ethyl adjacent to an activating group) is 1. The number of rotatable bonds is 7. The van der Waals surface area contributed by atoms with Gasteiger partial charge in [0.15, 0.2) is 0 Å². The van der Waals surface area contributed by atoms with Crippen molar-refractivity contribution in [2.24, 2.45) is 5.92 Å². The molecule has 2 aromatic carbocycles. The second-order valence-electron chi connectivity index (χ2n) is 10.4. The molecule has 0 saturated heterocycles. The lowest BCUT2D eigenvalue weighted by molar-refractivity contribution is -0.137. The lowest BCUT2D eigenvalue weighted by Gasteiger charge is -2.37. The Balaban J connectivity index is 1.72. The van der Waals surface area contributed by atoms with E-state index < -0.39 is 39.8 Å². The average Bonchev–Trinajstić information content (AvgIpc) is 2.94. The van der Waals surface area contributed by atoms with Crippen molar-refractivity contribution in [3.05, 3.63) is 77.5 Å². The molecule has 1 aliphatic heterocycles. The van der Waals surface area contributed by atoms with E-state index in [2.05, 4.69) is 4.98 Å². The minimum absolute atomic E-state index is 0.00107. The molecular formula is C29H32F3N3O5S. The molecule has 0 bridgehead atoms. The quantitative estimate of drug-likeness (QED) is 0.431. The summed E-state index contributed by atoms with van der Waals surface area (Å²) < 4.78 is 73.9. The molecule has 12 heteroatoms. The van der Waals surface area contributed by atoms with Crippen LogP contribution in [0.2, 0.25) is 0 Å². The van der Waals surface area contributed by atoms with Gasteiger partial charge < -0.3 is 14.7 Å². The van der Waals surface area contributed by atoms with E-state index in [4.69, 9.17) is 4.74 Å². The number of aryl methyl sites for hydroxylation is 1. The molecule has 2 heterocycles. The van der Waals surface area contributed by atoms with Crippen LogP contribution in [0.4, 0.5) is 13.2 Å². The topological polar surface area (TPSA) is 100 Å². The zero-order valence-corrected chi connectivity index (χ0v) is 23.9. The van der Waals surface area contributed by atoms with E-state index >= 15 is 0 Å². The van der Waals surface area contributed by atoms with Crippen molar-refractivity contribution in [3.63, 3.8) is 0 Å². The van der Waals surface area contributed by atoms with Gasteiger partial charge in [0.1, 0.15) is 11.7 Å². The lowest BCUT2D eigenvalue weighted by atomic mass is 9.99. The molecule has 0 fully saturated rings. The maximum Gasteiger partial charge on any atom is 0.416 e. The number of carbonyl (C=O) groups is 1. The number of sulfonamides is 1. The van der Waals surface area contributed by atoms with Crippen LogP contribution in [0.25, 0.3) is 11.1 Å². The van der Waals surface area contributed by atoms with Crippen LogP contribution in [0.3, 0.4) is 0 Å². The van der Waals surface area contributed by atoms with Crippen molar-refractivity contribution in [2.75, 3.05) is 26.7 Å². The monoisotopic (exact) mass is 591 g/mol. The summed E-state index contributed by atoms with van der Waals surface area (Å²) in [5.74, 6) is -0.950. The molecule has 0 unspecified atom stereocenters. The molecule has 1 aliphatic rings. The van der Waals surface area contributed by atoms with Gasteiger partial charge in [-0.3, -0.25) is 4.79 Å². The third-order valence-corrected chi connectivity index (χ3v) is 9.05. The molecule has 3 aromatic rings. The molecule has 0 saturated carbocycles. The lowest BCUT2D eigenvalue weighted by Crippen LogP contribution is -2.50. The van der Waals surface area contributed by atoms with Gasteiger partial charge in [-0.05, 0) is 49.7 Å². The van der Waals surface area contributed by atoms with Gasteiger partial charge in [0.05, 0.1) is 29.7 Å². The van der Waals surface area contributed by atoms with Crippen LogP contribution in [0.5, 0.6) is 5.88 Å². The largest absolute Gasteiger partial charge is 0.472 e. The first-order chi connectivity index (χ1) is 19.2. The zero-order chi connectivity index (χ0) is 30.1. The summed E-state index contributed by atoms with van der Waals surface area (Å²) in [4.78, 5) is 19.5. The number of carbonyl (C=O) groups excluding carboxylic acids is 1. The number of nitrogens with zero attached hydrogens (tertiary/aromatic N) is 3. The minimum atomic E-state index is -4.55. The average molecular weight is 592 g/mol. The van der Waals surface area contributed by atoms with Gasteiger partial charge >= 0.3 is 6.18 Å². The number of halogens is 3. The fourth-order valence-corrected chi connectivity index (χ4v) is 5.78. The molecule has 220 valence electrons. The van der Waals surface area contributed by atoms with Gasteiger partial charge in [-0.2, -0.15) is 17.5 Å². The van der Waals surface area contributed by atoms with Crippen molar-refractivity contribution in [3.8, 4) is 17.0 Å². The first-order valence-corrected chi connectivity index (χ1v) is 14.5. The van der Waals surface area contributed by atoms with Gasteiger partial charge in [0.2, 0.25) is 15.9 Å². The van der Waals surface area contributed by atoms with Crippen LogP contribution in [-0.2, 0) is 16.2 Å². The Morgan fingerprint density at radius 3 is 2.46 bits per heavy atom. The SMILES string of the molecule is Cc1ccc(S(=O)(=O)N(C)C[C@@H]2Oc3ncc(-c4cccc(C(F)(F)F)c4)cc3C(=O)N([C@H](C)CO)C[C@@H]2C)cc1. The molecule has 8 nitrogen and oxygen atoms in total. The number of ether oxygens (including phenoxy) is 1. The van der Waals surface area contributed by atoms with Crippen LogP contribution in [-0.4, -0.2) is 72.5 Å². The number of aliphatic hydroxyl groups excluding tert-OH is 1. The molecule has 1 N–H and O–H groups in total. The molecule has 0 radical (unpaired) electrons. The molecule has 0 spiro atoms. The molecule has 1 aromatic heterocycles. The number of hydrogen-bond donors (Lipinski definition) is 1. The standard InChI is InChI=1S/C29H32F3N3O5S/c1-18-8-10-24(11-9-18)41(38,39)34(4)16-26-19(2)15-35(20(3)17-36)28(37)25-13-22(14-33-27(25)40-26)21-6-5-7-23(12-21)29(30,31)32/h5-14,19-20,26,36H,15-17H2,1-4H3/t19-,20+,26-/m0/s1. The summed E-state index contributed by atoms with van der Waals surface area (Å²) in [7, 11) is -2.42. The number of fused-ring (bicyclic) bond motifs is 1. The van der Waals surface area contributed by atoms with Crippen molar-refractivity contribution in [2.45, 2.75) is 44.0 Å². The Morgan fingerprint density at radius 2 is 1.83 bits per heavy atom. The van der Waals surface area contributed by atoms with E-state index in [1.54, 1.807) is 19.1 Å². The summed E-state index contributed by atoms with van der Waals surface area (Å²) in [5, 5.41) is 9.87. The Morgan fingerprint density at radius 1 is 1.15 bits per heavy atom. The zero-order valence-electron chi connectivity index (χ0n) is 23.1. The van der Waals surface area contributed by atoms with E-state index in [1.807, 2.05) is 13.8 Å². The maximum atomic E-state index is 13.7. The van der Waals surface area contributed by atoms with Crippen LogP contribution in [0, 0.1) is 12.8 Å². The molecule has 1 amide bonds. The highest BCUT2D eigenvalue weighted by molar-refractivity contribution is 7.89. The fourth-order valence-electron chi connectivity index (χ4n) is 4.59. The molecule has 4 rings (SSSR count). The summed E-state index contributed by atoms with van der Waals surface area (Å²) >= 11 is 0. The number of alkyl halides is 3. The van der Waals surface area contributed by atoms with Crippen molar-refractivity contribution >= 4 is 15.9 Å². The third kappa shape index (κ3) is 6.55. The number of pyridine rings is 1. The summed E-state index contributed by atoms with van der Waals surface area (Å²) in [6, 6.07) is 12.0. The number of amides is 1. The Labute approximate surface area is 237 Å². The van der Waals surface area contributed by atoms with E-state index in [-0.39, 0.29) is 53.1 Å². The second kappa shape index (κ2) is 11.8. The van der Waals surface area contributed by atoms with Crippen LogP contribution >= 0.6 is 0 Å². The first-order valence-electron chi connectivity index (χ1n) is 13.0. The Kier molecular flexibility index (Phi) is 8.76. The number of hydrogen-bond acceptors (Lipinski definition) is 6. The van der Waals surface area contributed by atoms with Gasteiger partial charge in [0, 0.05) is 31.3 Å². The summed E-state index contributed by atoms with van der Waals surface area (Å²) in [6.07, 6.45) is -3.97. The van der Waals surface area contributed by atoms with Gasteiger partial charge in [0.25, 0.3) is 5.91 Å². The summed E-state index contributed by atoms with van der Waals surface area (Å²) in [5.41, 5.74) is 0.555. The highest BCUT2D eigenvalue weighted by Gasteiger charge is 2.36. The van der Waals surface area contributed by atoms with E-state index in [0.717, 1.165) is 17.7 Å².